The second kappa shape index (κ2) is 7.94. The van der Waals surface area contributed by atoms with Crippen molar-refractivity contribution in [2.24, 2.45) is 7.05 Å². The Morgan fingerprint density at radius 3 is 2.89 bits per heavy atom. The van der Waals surface area contributed by atoms with E-state index in [0.29, 0.717) is 17.4 Å². The van der Waals surface area contributed by atoms with Crippen LogP contribution in [0.1, 0.15) is 40.5 Å². The summed E-state index contributed by atoms with van der Waals surface area (Å²) in [6, 6.07) is 5.43. The number of methoxy groups -OCH3 is 1. The van der Waals surface area contributed by atoms with Gasteiger partial charge in [0.05, 0.1) is 19.3 Å². The van der Waals surface area contributed by atoms with E-state index in [2.05, 4.69) is 15.4 Å². The Morgan fingerprint density at radius 1 is 1.37 bits per heavy atom. The summed E-state index contributed by atoms with van der Waals surface area (Å²) >= 11 is 0. The molecule has 2 heterocycles. The number of rotatable bonds is 7. The molecule has 0 aliphatic carbocycles. The molecule has 0 aliphatic heterocycles. The fourth-order valence-electron chi connectivity index (χ4n) is 2.53. The Kier molecular flexibility index (Phi) is 5.44. The molecule has 142 valence electrons. The first-order chi connectivity index (χ1) is 13.0. The van der Waals surface area contributed by atoms with Crippen molar-refractivity contribution >= 4 is 5.91 Å². The van der Waals surface area contributed by atoms with Crippen LogP contribution in [-0.2, 0) is 13.7 Å². The summed E-state index contributed by atoms with van der Waals surface area (Å²) in [7, 11) is 3.41. The highest BCUT2D eigenvalue weighted by atomic mass is 16.5. The van der Waals surface area contributed by atoms with Crippen molar-refractivity contribution in [2.45, 2.75) is 26.5 Å². The van der Waals surface area contributed by atoms with Crippen molar-refractivity contribution in [1.82, 2.24) is 20.1 Å². The van der Waals surface area contributed by atoms with E-state index in [1.807, 2.05) is 45.3 Å². The molecule has 0 unspecified atom stereocenters. The second-order valence-electron chi connectivity index (χ2n) is 6.21. The SMILES string of the molecule is COc1cc(C)ccc1OCc1nc(C(=O)N[C@H](C)c2cnn(C)c2)co1. The monoisotopic (exact) mass is 370 g/mol. The molecule has 0 aliphatic rings. The van der Waals surface area contributed by atoms with Crippen LogP contribution in [0.15, 0.2) is 41.3 Å². The summed E-state index contributed by atoms with van der Waals surface area (Å²) in [5.41, 5.74) is 2.17. The minimum atomic E-state index is -0.325. The minimum Gasteiger partial charge on any atom is -0.493 e. The van der Waals surface area contributed by atoms with Gasteiger partial charge in [0.25, 0.3) is 5.91 Å². The maximum Gasteiger partial charge on any atom is 0.273 e. The number of carbonyl (C=O) groups excluding carboxylic acids is 1. The third-order valence-electron chi connectivity index (χ3n) is 4.03. The lowest BCUT2D eigenvalue weighted by Crippen LogP contribution is -2.26. The predicted octanol–water partition coefficient (Wildman–Crippen LogP) is 2.80. The van der Waals surface area contributed by atoms with Gasteiger partial charge in [-0.3, -0.25) is 9.48 Å². The third-order valence-corrected chi connectivity index (χ3v) is 4.03. The molecular weight excluding hydrogens is 348 g/mol. The van der Waals surface area contributed by atoms with E-state index in [1.54, 1.807) is 18.0 Å². The fraction of sp³-hybridized carbons (Fsp3) is 0.316. The number of nitrogens with zero attached hydrogens (tertiary/aromatic N) is 3. The molecule has 0 bridgehead atoms. The number of carbonyl (C=O) groups is 1. The number of nitrogens with one attached hydrogen (secondary N) is 1. The molecule has 27 heavy (non-hydrogen) atoms. The van der Waals surface area contributed by atoms with Gasteiger partial charge in [-0.25, -0.2) is 4.98 Å². The quantitative estimate of drug-likeness (QED) is 0.688. The number of aryl methyl sites for hydroxylation is 2. The van der Waals surface area contributed by atoms with Gasteiger partial charge >= 0.3 is 0 Å². The molecule has 8 heteroatoms. The Balaban J connectivity index is 1.60. The first kappa shape index (κ1) is 18.5. The van der Waals surface area contributed by atoms with Crippen molar-refractivity contribution in [3.8, 4) is 11.5 Å². The van der Waals surface area contributed by atoms with E-state index in [9.17, 15) is 4.79 Å². The second-order valence-corrected chi connectivity index (χ2v) is 6.21. The third kappa shape index (κ3) is 4.46. The zero-order valence-electron chi connectivity index (χ0n) is 15.7. The fourth-order valence-corrected chi connectivity index (χ4v) is 2.53. The van der Waals surface area contributed by atoms with Crippen LogP contribution in [-0.4, -0.2) is 27.8 Å². The van der Waals surface area contributed by atoms with Crippen molar-refractivity contribution in [2.75, 3.05) is 7.11 Å². The van der Waals surface area contributed by atoms with Gasteiger partial charge in [0.1, 0.15) is 6.26 Å². The van der Waals surface area contributed by atoms with Crippen LogP contribution in [0.25, 0.3) is 0 Å². The summed E-state index contributed by atoms with van der Waals surface area (Å²) in [5.74, 6) is 1.19. The number of oxazole rings is 1. The summed E-state index contributed by atoms with van der Waals surface area (Å²) < 4.78 is 18.0. The van der Waals surface area contributed by atoms with Gasteiger partial charge in [0, 0.05) is 18.8 Å². The molecule has 1 aromatic carbocycles. The van der Waals surface area contributed by atoms with Crippen LogP contribution >= 0.6 is 0 Å². The molecule has 0 saturated heterocycles. The van der Waals surface area contributed by atoms with E-state index in [4.69, 9.17) is 13.9 Å². The Hall–Kier alpha value is -3.29. The van der Waals surface area contributed by atoms with Crippen molar-refractivity contribution in [1.29, 1.82) is 0 Å². The molecule has 1 N–H and O–H groups in total. The average Bonchev–Trinajstić information content (AvgIpc) is 3.29. The van der Waals surface area contributed by atoms with E-state index >= 15 is 0 Å². The number of benzene rings is 1. The van der Waals surface area contributed by atoms with E-state index in [-0.39, 0.29) is 24.2 Å². The highest BCUT2D eigenvalue weighted by Gasteiger charge is 2.17. The number of hydrogen-bond donors (Lipinski definition) is 1. The van der Waals surface area contributed by atoms with E-state index < -0.39 is 0 Å². The van der Waals surface area contributed by atoms with E-state index in [1.165, 1.54) is 6.26 Å². The van der Waals surface area contributed by atoms with Gasteiger partial charge < -0.3 is 19.2 Å². The summed E-state index contributed by atoms with van der Waals surface area (Å²) in [5, 5.41) is 6.96. The number of aromatic nitrogens is 3. The number of hydrogen-bond acceptors (Lipinski definition) is 6. The first-order valence-corrected chi connectivity index (χ1v) is 8.47. The topological polar surface area (TPSA) is 91.4 Å². The van der Waals surface area contributed by atoms with Gasteiger partial charge in [-0.2, -0.15) is 5.10 Å². The molecule has 3 rings (SSSR count). The smallest absolute Gasteiger partial charge is 0.273 e. The average molecular weight is 370 g/mol. The van der Waals surface area contributed by atoms with Gasteiger partial charge in [0.15, 0.2) is 23.8 Å². The lowest BCUT2D eigenvalue weighted by molar-refractivity contribution is 0.0934. The molecular formula is C19H22N4O4. The van der Waals surface area contributed by atoms with Gasteiger partial charge in [-0.05, 0) is 31.5 Å². The molecule has 1 atom stereocenters. The molecule has 2 aromatic heterocycles. The lowest BCUT2D eigenvalue weighted by Gasteiger charge is -2.10. The largest absolute Gasteiger partial charge is 0.493 e. The molecule has 0 fully saturated rings. The highest BCUT2D eigenvalue weighted by molar-refractivity contribution is 5.92. The van der Waals surface area contributed by atoms with Crippen LogP contribution < -0.4 is 14.8 Å². The molecule has 0 radical (unpaired) electrons. The molecule has 1 amide bonds. The molecule has 3 aromatic rings. The number of amides is 1. The molecule has 8 nitrogen and oxygen atoms in total. The zero-order chi connectivity index (χ0) is 19.4. The first-order valence-electron chi connectivity index (χ1n) is 8.47. The molecule has 0 spiro atoms. The van der Waals surface area contributed by atoms with Crippen molar-refractivity contribution in [3.05, 3.63) is 59.6 Å². The van der Waals surface area contributed by atoms with Gasteiger partial charge in [0.2, 0.25) is 5.89 Å². The van der Waals surface area contributed by atoms with Gasteiger partial charge in [-0.1, -0.05) is 6.07 Å². The maximum atomic E-state index is 12.3. The normalized spacial score (nSPS) is 11.9. The van der Waals surface area contributed by atoms with Gasteiger partial charge in [-0.15, -0.1) is 0 Å². The highest BCUT2D eigenvalue weighted by Crippen LogP contribution is 2.28. The summed E-state index contributed by atoms with van der Waals surface area (Å²) in [6.07, 6.45) is 4.88. The molecule has 0 saturated carbocycles. The summed E-state index contributed by atoms with van der Waals surface area (Å²) in [4.78, 5) is 16.5. The van der Waals surface area contributed by atoms with Crippen LogP contribution in [0.3, 0.4) is 0 Å². The van der Waals surface area contributed by atoms with Crippen LogP contribution in [0, 0.1) is 6.92 Å². The maximum absolute atomic E-state index is 12.3. The Morgan fingerprint density at radius 2 is 2.19 bits per heavy atom. The van der Waals surface area contributed by atoms with Crippen molar-refractivity contribution in [3.63, 3.8) is 0 Å². The standard InChI is InChI=1S/C19H22N4O4/c1-12-5-6-16(17(7-12)25-4)26-11-18-22-15(10-27-18)19(24)21-13(2)14-8-20-23(3)9-14/h5-10,13H,11H2,1-4H3,(H,21,24)/t13-/m1/s1. The Labute approximate surface area is 157 Å². The minimum absolute atomic E-state index is 0.0882. The van der Waals surface area contributed by atoms with Crippen LogP contribution in [0.5, 0.6) is 11.5 Å². The number of ether oxygens (including phenoxy) is 2. The van der Waals surface area contributed by atoms with Crippen molar-refractivity contribution < 1.29 is 18.7 Å². The lowest BCUT2D eigenvalue weighted by atomic mass is 10.2. The van der Waals surface area contributed by atoms with Crippen LogP contribution in [0.4, 0.5) is 0 Å². The Bertz CT molecular complexity index is 931. The zero-order valence-corrected chi connectivity index (χ0v) is 15.7. The van der Waals surface area contributed by atoms with Crippen LogP contribution in [0.2, 0.25) is 0 Å². The van der Waals surface area contributed by atoms with E-state index in [0.717, 1.165) is 11.1 Å². The predicted molar refractivity (Wildman–Crippen MR) is 97.7 cm³/mol. The summed E-state index contributed by atoms with van der Waals surface area (Å²) in [6.45, 7) is 3.94.